The third-order valence-corrected chi connectivity index (χ3v) is 10.5. The molecule has 5 nitrogen and oxygen atoms in total. The number of rotatable bonds is 5. The first-order chi connectivity index (χ1) is 27.2. The van der Waals surface area contributed by atoms with Gasteiger partial charge in [0.05, 0.1) is 0 Å². The zero-order chi connectivity index (χ0) is 36.3. The van der Waals surface area contributed by atoms with E-state index >= 15 is 0 Å². The standard InChI is InChI=1S/C50H30N4O/c1-3-12-31(13-4-1)32-22-24-35(25-23-32)47-52-48(41-21-11-18-33-14-7-9-19-38(33)41)54-49(53-47)42-30-37-17-8-10-20-39(37)45-40(42)28-26-34-27-29-43-46(44(34)45)55-50(51-43)36-15-5-2-6-16-36/h1-30H. The van der Waals surface area contributed by atoms with Gasteiger partial charge in [-0.15, -0.1) is 0 Å². The van der Waals surface area contributed by atoms with Gasteiger partial charge in [-0.3, -0.25) is 0 Å². The van der Waals surface area contributed by atoms with Crippen molar-refractivity contribution < 1.29 is 4.42 Å². The van der Waals surface area contributed by atoms with E-state index in [-0.39, 0.29) is 0 Å². The van der Waals surface area contributed by atoms with Crippen molar-refractivity contribution >= 4 is 54.2 Å². The van der Waals surface area contributed by atoms with Crippen molar-refractivity contribution in [3.05, 3.63) is 182 Å². The van der Waals surface area contributed by atoms with Crippen molar-refractivity contribution in [2.24, 2.45) is 0 Å². The minimum absolute atomic E-state index is 0.598. The fraction of sp³-hybridized carbons (Fsp3) is 0. The summed E-state index contributed by atoms with van der Waals surface area (Å²) in [5, 5.41) is 8.61. The Morgan fingerprint density at radius 2 is 0.927 bits per heavy atom. The van der Waals surface area contributed by atoms with Gasteiger partial charge >= 0.3 is 0 Å². The van der Waals surface area contributed by atoms with E-state index in [9.17, 15) is 0 Å². The molecule has 0 saturated heterocycles. The summed E-state index contributed by atoms with van der Waals surface area (Å²) in [4.78, 5) is 20.7. The molecule has 0 fully saturated rings. The second-order valence-corrected chi connectivity index (χ2v) is 13.8. The summed E-state index contributed by atoms with van der Waals surface area (Å²) in [6.07, 6.45) is 0. The van der Waals surface area contributed by atoms with E-state index in [0.717, 1.165) is 87.6 Å². The molecule has 11 rings (SSSR count). The van der Waals surface area contributed by atoms with Crippen LogP contribution in [0.25, 0.3) is 111 Å². The minimum atomic E-state index is 0.598. The second kappa shape index (κ2) is 12.6. The van der Waals surface area contributed by atoms with E-state index in [2.05, 4.69) is 140 Å². The molecule has 2 heterocycles. The van der Waals surface area contributed by atoms with E-state index in [4.69, 9.17) is 24.4 Å². The quantitative estimate of drug-likeness (QED) is 0.167. The van der Waals surface area contributed by atoms with Crippen molar-refractivity contribution in [1.29, 1.82) is 0 Å². The van der Waals surface area contributed by atoms with Crippen LogP contribution >= 0.6 is 0 Å². The lowest BCUT2D eigenvalue weighted by Gasteiger charge is -2.15. The Bertz CT molecular complexity index is 3240. The molecule has 0 radical (unpaired) electrons. The molecular weight excluding hydrogens is 673 g/mol. The van der Waals surface area contributed by atoms with Gasteiger partial charge in [0.15, 0.2) is 23.1 Å². The first kappa shape index (κ1) is 31.1. The van der Waals surface area contributed by atoms with E-state index < -0.39 is 0 Å². The SMILES string of the molecule is c1ccc(-c2ccc(-c3nc(-c4cccc5ccccc45)nc(-c4cc5ccccc5c5c4ccc4ccc6nc(-c7ccccc7)oc6c45)n3)cc2)cc1. The van der Waals surface area contributed by atoms with Crippen molar-refractivity contribution in [3.63, 3.8) is 0 Å². The number of hydrogen-bond donors (Lipinski definition) is 0. The van der Waals surface area contributed by atoms with Gasteiger partial charge in [-0.05, 0) is 67.7 Å². The summed E-state index contributed by atoms with van der Waals surface area (Å²) in [7, 11) is 0. The van der Waals surface area contributed by atoms with Crippen LogP contribution in [-0.4, -0.2) is 19.9 Å². The van der Waals surface area contributed by atoms with Gasteiger partial charge in [-0.25, -0.2) is 19.9 Å². The van der Waals surface area contributed by atoms with Crippen LogP contribution in [0.4, 0.5) is 0 Å². The molecule has 5 heteroatoms. The maximum absolute atomic E-state index is 6.65. The Hall–Kier alpha value is -7.50. The first-order valence-corrected chi connectivity index (χ1v) is 18.4. The van der Waals surface area contributed by atoms with Crippen LogP contribution in [0.5, 0.6) is 0 Å². The van der Waals surface area contributed by atoms with Crippen molar-refractivity contribution in [1.82, 2.24) is 19.9 Å². The van der Waals surface area contributed by atoms with Crippen molar-refractivity contribution in [2.75, 3.05) is 0 Å². The maximum atomic E-state index is 6.65. The molecule has 0 aliphatic carbocycles. The Balaban J connectivity index is 1.19. The zero-order valence-electron chi connectivity index (χ0n) is 29.5. The van der Waals surface area contributed by atoms with Crippen LogP contribution in [0.1, 0.15) is 0 Å². The molecule has 9 aromatic carbocycles. The summed E-state index contributed by atoms with van der Waals surface area (Å²) in [6.45, 7) is 0. The molecule has 0 unspecified atom stereocenters. The van der Waals surface area contributed by atoms with Gasteiger partial charge in [0.2, 0.25) is 5.89 Å². The van der Waals surface area contributed by atoms with Gasteiger partial charge in [0, 0.05) is 33.0 Å². The van der Waals surface area contributed by atoms with Crippen LogP contribution in [-0.2, 0) is 0 Å². The third-order valence-electron chi connectivity index (χ3n) is 10.5. The molecule has 0 aliphatic rings. The molecule has 0 spiro atoms. The summed E-state index contributed by atoms with van der Waals surface area (Å²) in [5.41, 5.74) is 7.59. The smallest absolute Gasteiger partial charge is 0.227 e. The zero-order valence-corrected chi connectivity index (χ0v) is 29.5. The Kier molecular flexibility index (Phi) is 7.10. The van der Waals surface area contributed by atoms with Crippen LogP contribution in [0.15, 0.2) is 186 Å². The molecule has 2 aromatic heterocycles. The lowest BCUT2D eigenvalue weighted by atomic mass is 9.92. The molecule has 0 saturated carbocycles. The lowest BCUT2D eigenvalue weighted by Crippen LogP contribution is -2.01. The van der Waals surface area contributed by atoms with Crippen LogP contribution in [0.3, 0.4) is 0 Å². The fourth-order valence-electron chi connectivity index (χ4n) is 7.88. The van der Waals surface area contributed by atoms with Gasteiger partial charge in [-0.1, -0.05) is 158 Å². The summed E-state index contributed by atoms with van der Waals surface area (Å²) in [5.74, 6) is 2.43. The van der Waals surface area contributed by atoms with Crippen molar-refractivity contribution in [3.8, 4) is 56.7 Å². The molecule has 55 heavy (non-hydrogen) atoms. The molecule has 11 aromatic rings. The van der Waals surface area contributed by atoms with Crippen LogP contribution in [0, 0.1) is 0 Å². The normalized spacial score (nSPS) is 11.6. The van der Waals surface area contributed by atoms with Gasteiger partial charge < -0.3 is 4.42 Å². The average Bonchev–Trinajstić information content (AvgIpc) is 3.71. The highest BCUT2D eigenvalue weighted by molar-refractivity contribution is 6.28. The first-order valence-electron chi connectivity index (χ1n) is 18.4. The lowest BCUT2D eigenvalue weighted by molar-refractivity contribution is 0.623. The highest BCUT2D eigenvalue weighted by Crippen LogP contribution is 2.42. The number of oxazole rings is 1. The molecule has 0 bridgehead atoms. The highest BCUT2D eigenvalue weighted by Gasteiger charge is 2.20. The number of aromatic nitrogens is 4. The Morgan fingerprint density at radius 3 is 1.73 bits per heavy atom. The largest absolute Gasteiger partial charge is 0.435 e. The third kappa shape index (κ3) is 5.24. The molecule has 0 amide bonds. The topological polar surface area (TPSA) is 64.7 Å². The van der Waals surface area contributed by atoms with Crippen LogP contribution < -0.4 is 0 Å². The Morgan fingerprint density at radius 1 is 0.327 bits per heavy atom. The summed E-state index contributed by atoms with van der Waals surface area (Å²) in [6, 6.07) is 62.9. The van der Waals surface area contributed by atoms with E-state index in [1.807, 2.05) is 42.5 Å². The average molecular weight is 703 g/mol. The second-order valence-electron chi connectivity index (χ2n) is 13.8. The molecule has 0 atom stereocenters. The van der Waals surface area contributed by atoms with E-state index in [1.165, 1.54) is 0 Å². The van der Waals surface area contributed by atoms with Crippen LogP contribution in [0.2, 0.25) is 0 Å². The van der Waals surface area contributed by atoms with Gasteiger partial charge in [0.1, 0.15) is 5.52 Å². The molecular formula is C50H30N4O. The van der Waals surface area contributed by atoms with Gasteiger partial charge in [0.25, 0.3) is 0 Å². The van der Waals surface area contributed by atoms with E-state index in [1.54, 1.807) is 0 Å². The van der Waals surface area contributed by atoms with Crippen molar-refractivity contribution in [2.45, 2.75) is 0 Å². The predicted molar refractivity (Wildman–Crippen MR) is 225 cm³/mol. The number of benzene rings is 9. The highest BCUT2D eigenvalue weighted by atomic mass is 16.3. The summed E-state index contributed by atoms with van der Waals surface area (Å²) >= 11 is 0. The minimum Gasteiger partial charge on any atom is -0.435 e. The predicted octanol–water partition coefficient (Wildman–Crippen LogP) is 13.0. The van der Waals surface area contributed by atoms with Gasteiger partial charge in [-0.2, -0.15) is 0 Å². The maximum Gasteiger partial charge on any atom is 0.227 e. The summed E-state index contributed by atoms with van der Waals surface area (Å²) < 4.78 is 6.65. The number of fused-ring (bicyclic) bond motifs is 8. The fourth-order valence-corrected chi connectivity index (χ4v) is 7.88. The number of hydrogen-bond acceptors (Lipinski definition) is 5. The Labute approximate surface area is 316 Å². The molecule has 0 aliphatic heterocycles. The monoisotopic (exact) mass is 702 g/mol. The van der Waals surface area contributed by atoms with E-state index in [0.29, 0.717) is 23.4 Å². The molecule has 256 valence electrons. The molecule has 0 N–H and O–H groups in total. The number of nitrogens with zero attached hydrogens (tertiary/aromatic N) is 4.